The Bertz CT molecular complexity index is 333. The number of amides is 1. The standard InChI is InChI=1S/C13H19NO2S/c15-10-4-2-1-3-9-14-13(16)8-7-12-6-5-11-17-12/h5-8,11,15H,1-4,9-10H2,(H,14,16)/b8-7+. The maximum atomic E-state index is 11.4. The monoisotopic (exact) mass is 253 g/mol. The van der Waals surface area contributed by atoms with Crippen molar-refractivity contribution in [1.29, 1.82) is 0 Å². The maximum absolute atomic E-state index is 11.4. The van der Waals surface area contributed by atoms with Gasteiger partial charge in [0.25, 0.3) is 0 Å². The lowest BCUT2D eigenvalue weighted by atomic mass is 10.2. The molecule has 0 unspecified atom stereocenters. The van der Waals surface area contributed by atoms with Crippen LogP contribution in [-0.2, 0) is 4.79 Å². The second-order valence-corrected chi connectivity index (χ2v) is 4.76. The van der Waals surface area contributed by atoms with Gasteiger partial charge in [-0.05, 0) is 30.4 Å². The molecule has 94 valence electrons. The molecule has 0 fully saturated rings. The van der Waals surface area contributed by atoms with Gasteiger partial charge in [0.15, 0.2) is 0 Å². The molecule has 1 aromatic heterocycles. The number of carbonyl (C=O) groups is 1. The van der Waals surface area contributed by atoms with Gasteiger partial charge in [0, 0.05) is 24.1 Å². The minimum atomic E-state index is -0.0411. The summed E-state index contributed by atoms with van der Waals surface area (Å²) in [5.74, 6) is -0.0411. The Morgan fingerprint density at radius 3 is 2.88 bits per heavy atom. The highest BCUT2D eigenvalue weighted by atomic mass is 32.1. The number of aliphatic hydroxyl groups excluding tert-OH is 1. The number of nitrogens with one attached hydrogen (secondary N) is 1. The van der Waals surface area contributed by atoms with Crippen LogP contribution < -0.4 is 5.32 Å². The van der Waals surface area contributed by atoms with Crippen LogP contribution in [0.3, 0.4) is 0 Å². The quantitative estimate of drug-likeness (QED) is 0.552. The summed E-state index contributed by atoms with van der Waals surface area (Å²) in [5, 5.41) is 13.4. The lowest BCUT2D eigenvalue weighted by molar-refractivity contribution is -0.116. The van der Waals surface area contributed by atoms with Crippen LogP contribution in [0.1, 0.15) is 30.6 Å². The summed E-state index contributed by atoms with van der Waals surface area (Å²) < 4.78 is 0. The van der Waals surface area contributed by atoms with Crippen molar-refractivity contribution in [2.24, 2.45) is 0 Å². The molecule has 1 aromatic rings. The minimum Gasteiger partial charge on any atom is -0.396 e. The van der Waals surface area contributed by atoms with Crippen molar-refractivity contribution in [2.45, 2.75) is 25.7 Å². The summed E-state index contributed by atoms with van der Waals surface area (Å²) in [6, 6.07) is 3.94. The van der Waals surface area contributed by atoms with Gasteiger partial charge in [0.05, 0.1) is 0 Å². The first kappa shape index (κ1) is 13.9. The van der Waals surface area contributed by atoms with Crippen LogP contribution in [0.15, 0.2) is 23.6 Å². The molecular formula is C13H19NO2S. The smallest absolute Gasteiger partial charge is 0.244 e. The van der Waals surface area contributed by atoms with Gasteiger partial charge in [-0.2, -0.15) is 0 Å². The maximum Gasteiger partial charge on any atom is 0.244 e. The van der Waals surface area contributed by atoms with E-state index in [9.17, 15) is 4.79 Å². The molecule has 0 aliphatic carbocycles. The van der Waals surface area contributed by atoms with Gasteiger partial charge in [-0.3, -0.25) is 4.79 Å². The van der Waals surface area contributed by atoms with Crippen molar-refractivity contribution < 1.29 is 9.90 Å². The highest BCUT2D eigenvalue weighted by molar-refractivity contribution is 7.10. The van der Waals surface area contributed by atoms with E-state index in [1.54, 1.807) is 17.4 Å². The van der Waals surface area contributed by atoms with Crippen LogP contribution in [0, 0.1) is 0 Å². The van der Waals surface area contributed by atoms with Crippen LogP contribution in [0.2, 0.25) is 0 Å². The first-order valence-electron chi connectivity index (χ1n) is 5.93. The SMILES string of the molecule is O=C(/C=C/c1cccs1)NCCCCCCO. The molecule has 1 amide bonds. The third-order valence-corrected chi connectivity index (χ3v) is 3.16. The largest absolute Gasteiger partial charge is 0.396 e. The molecule has 2 N–H and O–H groups in total. The lowest BCUT2D eigenvalue weighted by Gasteiger charge is -2.01. The number of thiophene rings is 1. The fourth-order valence-electron chi connectivity index (χ4n) is 1.40. The predicted molar refractivity (Wildman–Crippen MR) is 71.9 cm³/mol. The van der Waals surface area contributed by atoms with E-state index in [2.05, 4.69) is 5.32 Å². The number of hydrogen-bond donors (Lipinski definition) is 2. The van der Waals surface area contributed by atoms with Gasteiger partial charge in [-0.15, -0.1) is 11.3 Å². The molecule has 17 heavy (non-hydrogen) atoms. The Labute approximate surface area is 106 Å². The second kappa shape index (κ2) is 8.96. The molecule has 0 bridgehead atoms. The molecule has 1 rings (SSSR count). The Morgan fingerprint density at radius 2 is 2.18 bits per heavy atom. The number of unbranched alkanes of at least 4 members (excludes halogenated alkanes) is 3. The van der Waals surface area contributed by atoms with Crippen molar-refractivity contribution >= 4 is 23.3 Å². The molecular weight excluding hydrogens is 234 g/mol. The van der Waals surface area contributed by atoms with Crippen LogP contribution in [0.25, 0.3) is 6.08 Å². The molecule has 3 nitrogen and oxygen atoms in total. The third kappa shape index (κ3) is 6.92. The van der Waals surface area contributed by atoms with Gasteiger partial charge in [-0.25, -0.2) is 0 Å². The molecule has 0 aliphatic rings. The fourth-order valence-corrected chi connectivity index (χ4v) is 2.02. The topological polar surface area (TPSA) is 49.3 Å². The summed E-state index contributed by atoms with van der Waals surface area (Å²) in [6.45, 7) is 0.967. The average Bonchev–Trinajstić information content (AvgIpc) is 2.84. The van der Waals surface area contributed by atoms with E-state index in [-0.39, 0.29) is 12.5 Å². The van der Waals surface area contributed by atoms with E-state index in [0.29, 0.717) is 6.54 Å². The van der Waals surface area contributed by atoms with Crippen LogP contribution in [0.5, 0.6) is 0 Å². The predicted octanol–water partition coefficient (Wildman–Crippen LogP) is 2.43. The molecule has 0 saturated carbocycles. The zero-order chi connectivity index (χ0) is 12.3. The van der Waals surface area contributed by atoms with Crippen molar-refractivity contribution in [2.75, 3.05) is 13.2 Å². The van der Waals surface area contributed by atoms with Crippen LogP contribution >= 0.6 is 11.3 Å². The van der Waals surface area contributed by atoms with Crippen LogP contribution in [0.4, 0.5) is 0 Å². The van der Waals surface area contributed by atoms with Gasteiger partial charge in [0.1, 0.15) is 0 Å². The molecule has 0 aromatic carbocycles. The lowest BCUT2D eigenvalue weighted by Crippen LogP contribution is -2.21. The zero-order valence-electron chi connectivity index (χ0n) is 9.89. The average molecular weight is 253 g/mol. The van der Waals surface area contributed by atoms with E-state index >= 15 is 0 Å². The third-order valence-electron chi connectivity index (χ3n) is 2.33. The highest BCUT2D eigenvalue weighted by Crippen LogP contribution is 2.09. The molecule has 0 aliphatic heterocycles. The van der Waals surface area contributed by atoms with E-state index in [1.165, 1.54) is 0 Å². The highest BCUT2D eigenvalue weighted by Gasteiger charge is 1.95. The van der Waals surface area contributed by atoms with Gasteiger partial charge in [-0.1, -0.05) is 18.9 Å². The fraction of sp³-hybridized carbons (Fsp3) is 0.462. The van der Waals surface area contributed by atoms with E-state index < -0.39 is 0 Å². The van der Waals surface area contributed by atoms with Crippen molar-refractivity contribution in [3.05, 3.63) is 28.5 Å². The Kier molecular flexibility index (Phi) is 7.34. The van der Waals surface area contributed by atoms with Crippen LogP contribution in [-0.4, -0.2) is 24.2 Å². The number of carbonyl (C=O) groups excluding carboxylic acids is 1. The molecule has 0 radical (unpaired) electrons. The van der Waals surface area contributed by atoms with E-state index in [4.69, 9.17) is 5.11 Å². The minimum absolute atomic E-state index is 0.0411. The first-order valence-corrected chi connectivity index (χ1v) is 6.81. The normalized spacial score (nSPS) is 10.9. The first-order chi connectivity index (χ1) is 8.33. The van der Waals surface area contributed by atoms with Crippen molar-refractivity contribution in [3.8, 4) is 0 Å². The zero-order valence-corrected chi connectivity index (χ0v) is 10.7. The van der Waals surface area contributed by atoms with E-state index in [1.807, 2.05) is 23.6 Å². The van der Waals surface area contributed by atoms with Crippen molar-refractivity contribution in [3.63, 3.8) is 0 Å². The number of hydrogen-bond acceptors (Lipinski definition) is 3. The van der Waals surface area contributed by atoms with E-state index in [0.717, 1.165) is 30.6 Å². The summed E-state index contributed by atoms with van der Waals surface area (Å²) in [5.41, 5.74) is 0. The molecule has 0 spiro atoms. The summed E-state index contributed by atoms with van der Waals surface area (Å²) >= 11 is 1.61. The number of rotatable bonds is 8. The second-order valence-electron chi connectivity index (χ2n) is 3.78. The van der Waals surface area contributed by atoms with Crippen molar-refractivity contribution in [1.82, 2.24) is 5.32 Å². The summed E-state index contributed by atoms with van der Waals surface area (Å²) in [4.78, 5) is 12.5. The Morgan fingerprint density at radius 1 is 1.35 bits per heavy atom. The Hall–Kier alpha value is -1.13. The molecule has 4 heteroatoms. The Balaban J connectivity index is 2.05. The van der Waals surface area contributed by atoms with Gasteiger partial charge in [0.2, 0.25) is 5.91 Å². The summed E-state index contributed by atoms with van der Waals surface area (Å²) in [7, 11) is 0. The number of aliphatic hydroxyl groups is 1. The summed E-state index contributed by atoms with van der Waals surface area (Å²) in [6.07, 6.45) is 7.29. The molecule has 1 heterocycles. The van der Waals surface area contributed by atoms with Gasteiger partial charge >= 0.3 is 0 Å². The van der Waals surface area contributed by atoms with Gasteiger partial charge < -0.3 is 10.4 Å². The molecule has 0 saturated heterocycles. The molecule has 0 atom stereocenters.